The maximum absolute atomic E-state index is 12.8. The second kappa shape index (κ2) is 8.15. The van der Waals surface area contributed by atoms with Crippen LogP contribution in [-0.2, 0) is 21.0 Å². The predicted molar refractivity (Wildman–Crippen MR) is 101 cm³/mol. The van der Waals surface area contributed by atoms with Crippen LogP contribution in [0.2, 0.25) is 5.02 Å². The van der Waals surface area contributed by atoms with Crippen LogP contribution in [0.1, 0.15) is 37.3 Å². The highest BCUT2D eigenvalue weighted by molar-refractivity contribution is 6.54. The maximum atomic E-state index is 12.8. The summed E-state index contributed by atoms with van der Waals surface area (Å²) >= 11 is 6.04. The Bertz CT molecular complexity index is 864. The lowest BCUT2D eigenvalue weighted by Gasteiger charge is -2.16. The molecule has 2 aromatic carbocycles. The third-order valence-corrected chi connectivity index (χ3v) is 4.34. The van der Waals surface area contributed by atoms with Gasteiger partial charge in [-0.05, 0) is 30.2 Å². The fraction of sp³-hybridized carbons (Fsp3) is 0.250. The lowest BCUT2D eigenvalue weighted by molar-refractivity contribution is -0.143. The lowest BCUT2D eigenvalue weighted by atomic mass is 10.1. The molecule has 1 amide bonds. The summed E-state index contributed by atoms with van der Waals surface area (Å²) in [4.78, 5) is 31.1. The van der Waals surface area contributed by atoms with E-state index in [-0.39, 0.29) is 18.0 Å². The van der Waals surface area contributed by atoms with Gasteiger partial charge in [0.2, 0.25) is 0 Å². The van der Waals surface area contributed by atoms with Crippen molar-refractivity contribution in [1.82, 2.24) is 0 Å². The molecule has 0 aromatic heterocycles. The van der Waals surface area contributed by atoms with E-state index in [0.29, 0.717) is 17.1 Å². The van der Waals surface area contributed by atoms with Crippen LogP contribution in [0.15, 0.2) is 53.7 Å². The summed E-state index contributed by atoms with van der Waals surface area (Å²) in [5.41, 5.74) is 2.44. The van der Waals surface area contributed by atoms with Crippen LogP contribution >= 0.6 is 11.6 Å². The first-order valence-corrected chi connectivity index (χ1v) is 8.91. The normalized spacial score (nSPS) is 14.6. The number of halogens is 1. The van der Waals surface area contributed by atoms with Crippen molar-refractivity contribution in [2.24, 2.45) is 5.16 Å². The van der Waals surface area contributed by atoms with E-state index < -0.39 is 5.97 Å². The zero-order chi connectivity index (χ0) is 18.5. The molecule has 0 spiro atoms. The van der Waals surface area contributed by atoms with Crippen LogP contribution in [0.5, 0.6) is 0 Å². The Balaban J connectivity index is 1.85. The van der Waals surface area contributed by atoms with Crippen LogP contribution in [0.3, 0.4) is 0 Å². The Morgan fingerprint density at radius 1 is 1.19 bits per heavy atom. The molecule has 0 bridgehead atoms. The van der Waals surface area contributed by atoms with Crippen LogP contribution in [0.4, 0.5) is 5.69 Å². The minimum absolute atomic E-state index is 0.146. The van der Waals surface area contributed by atoms with E-state index in [1.54, 1.807) is 17.0 Å². The summed E-state index contributed by atoms with van der Waals surface area (Å²) in [6.07, 6.45) is 1.91. The molecule has 0 atom stereocenters. The minimum atomic E-state index is -0.432. The Hall–Kier alpha value is -2.66. The topological polar surface area (TPSA) is 59.0 Å². The molecule has 26 heavy (non-hydrogen) atoms. The largest absolute Gasteiger partial charge is 0.335 e. The first-order chi connectivity index (χ1) is 12.6. The van der Waals surface area contributed by atoms with Crippen molar-refractivity contribution in [2.45, 2.75) is 32.7 Å². The fourth-order valence-electron chi connectivity index (χ4n) is 2.79. The smallest absolute Gasteiger partial charge is 0.317 e. The van der Waals surface area contributed by atoms with Crippen LogP contribution in [0.25, 0.3) is 0 Å². The standard InChI is InChI=1S/C20H19ClN2O3/c1-2-3-11-18(24)26-22-19-16-9-4-5-10-17(16)23(20(19)25)13-14-7-6-8-15(21)12-14/h4-10,12H,2-3,11,13H2,1H3. The highest BCUT2D eigenvalue weighted by Gasteiger charge is 2.34. The highest BCUT2D eigenvalue weighted by Crippen LogP contribution is 2.31. The molecular formula is C20H19ClN2O3. The fourth-order valence-corrected chi connectivity index (χ4v) is 3.00. The van der Waals surface area contributed by atoms with Crippen molar-refractivity contribution in [3.63, 3.8) is 0 Å². The second-order valence-corrected chi connectivity index (χ2v) is 6.48. The molecule has 2 aromatic rings. The van der Waals surface area contributed by atoms with Gasteiger partial charge in [0.15, 0.2) is 5.71 Å². The highest BCUT2D eigenvalue weighted by atomic mass is 35.5. The van der Waals surface area contributed by atoms with Gasteiger partial charge in [0, 0.05) is 17.0 Å². The van der Waals surface area contributed by atoms with E-state index in [9.17, 15) is 9.59 Å². The van der Waals surface area contributed by atoms with Gasteiger partial charge in [-0.1, -0.05) is 60.4 Å². The molecule has 1 heterocycles. The molecule has 0 saturated carbocycles. The van der Waals surface area contributed by atoms with Gasteiger partial charge >= 0.3 is 5.97 Å². The summed E-state index contributed by atoms with van der Waals surface area (Å²) in [6, 6.07) is 14.7. The Morgan fingerprint density at radius 3 is 2.77 bits per heavy atom. The summed E-state index contributed by atoms with van der Waals surface area (Å²) in [5.74, 6) is -0.729. The van der Waals surface area contributed by atoms with Gasteiger partial charge in [-0.3, -0.25) is 4.79 Å². The van der Waals surface area contributed by atoms with Gasteiger partial charge in [-0.25, -0.2) is 4.79 Å². The predicted octanol–water partition coefficient (Wildman–Crippen LogP) is 4.32. The Kier molecular flexibility index (Phi) is 5.68. The average molecular weight is 371 g/mol. The number of oxime groups is 1. The van der Waals surface area contributed by atoms with E-state index in [1.165, 1.54) is 0 Å². The van der Waals surface area contributed by atoms with Gasteiger partial charge in [0.1, 0.15) is 0 Å². The van der Waals surface area contributed by atoms with Crippen molar-refractivity contribution >= 4 is 34.9 Å². The van der Waals surface area contributed by atoms with E-state index in [0.717, 1.165) is 24.1 Å². The second-order valence-electron chi connectivity index (χ2n) is 6.05. The van der Waals surface area contributed by atoms with Crippen LogP contribution < -0.4 is 4.90 Å². The summed E-state index contributed by atoms with van der Waals surface area (Å²) < 4.78 is 0. The molecule has 0 radical (unpaired) electrons. The SMILES string of the molecule is CCCCC(=O)ON=C1C(=O)N(Cc2cccc(Cl)c2)c2ccccc21. The number of amides is 1. The van der Waals surface area contributed by atoms with Crippen molar-refractivity contribution in [3.8, 4) is 0 Å². The number of para-hydroxylation sites is 1. The summed E-state index contributed by atoms with van der Waals surface area (Å²) in [6.45, 7) is 2.35. The number of carbonyl (C=O) groups is 2. The van der Waals surface area contributed by atoms with E-state index >= 15 is 0 Å². The molecule has 134 valence electrons. The number of carbonyl (C=O) groups excluding carboxylic acids is 2. The number of benzene rings is 2. The van der Waals surface area contributed by atoms with E-state index in [2.05, 4.69) is 5.16 Å². The zero-order valence-electron chi connectivity index (χ0n) is 14.4. The maximum Gasteiger partial charge on any atom is 0.335 e. The Labute approximate surface area is 157 Å². The number of unbranched alkanes of at least 4 members (excludes halogenated alkanes) is 1. The molecule has 0 fully saturated rings. The molecule has 1 aliphatic rings. The van der Waals surface area contributed by atoms with Gasteiger partial charge in [-0.2, -0.15) is 0 Å². The van der Waals surface area contributed by atoms with Crippen molar-refractivity contribution in [1.29, 1.82) is 0 Å². The lowest BCUT2D eigenvalue weighted by Crippen LogP contribution is -2.29. The third-order valence-electron chi connectivity index (χ3n) is 4.10. The van der Waals surface area contributed by atoms with E-state index in [4.69, 9.17) is 16.4 Å². The number of nitrogens with zero attached hydrogens (tertiary/aromatic N) is 2. The molecule has 0 N–H and O–H groups in total. The van der Waals surface area contributed by atoms with Crippen molar-refractivity contribution < 1.29 is 14.4 Å². The number of hydrogen-bond donors (Lipinski definition) is 0. The molecule has 3 rings (SSSR count). The van der Waals surface area contributed by atoms with Gasteiger partial charge in [-0.15, -0.1) is 0 Å². The molecule has 0 saturated heterocycles. The third kappa shape index (κ3) is 3.94. The minimum Gasteiger partial charge on any atom is -0.317 e. The van der Waals surface area contributed by atoms with Crippen LogP contribution in [0, 0.1) is 0 Å². The number of hydrogen-bond acceptors (Lipinski definition) is 4. The van der Waals surface area contributed by atoms with Gasteiger partial charge in [0.05, 0.1) is 12.2 Å². The first kappa shape index (κ1) is 18.1. The summed E-state index contributed by atoms with van der Waals surface area (Å²) in [5, 5.41) is 4.47. The molecule has 6 heteroatoms. The van der Waals surface area contributed by atoms with E-state index in [1.807, 2.05) is 43.3 Å². The monoisotopic (exact) mass is 370 g/mol. The van der Waals surface area contributed by atoms with Crippen molar-refractivity contribution in [2.75, 3.05) is 4.90 Å². The molecule has 0 unspecified atom stereocenters. The number of fused-ring (bicyclic) bond motifs is 1. The molecule has 5 nitrogen and oxygen atoms in total. The zero-order valence-corrected chi connectivity index (χ0v) is 15.2. The average Bonchev–Trinajstić information content (AvgIpc) is 2.90. The van der Waals surface area contributed by atoms with Gasteiger partial charge < -0.3 is 9.74 Å². The van der Waals surface area contributed by atoms with Crippen molar-refractivity contribution in [3.05, 3.63) is 64.7 Å². The molecule has 1 aliphatic heterocycles. The van der Waals surface area contributed by atoms with Crippen LogP contribution in [-0.4, -0.2) is 17.6 Å². The quantitative estimate of drug-likeness (QED) is 0.562. The molecule has 0 aliphatic carbocycles. The Morgan fingerprint density at radius 2 is 2.00 bits per heavy atom. The molecular weight excluding hydrogens is 352 g/mol. The van der Waals surface area contributed by atoms with Gasteiger partial charge in [0.25, 0.3) is 5.91 Å². The first-order valence-electron chi connectivity index (χ1n) is 8.53. The number of anilines is 1. The summed E-state index contributed by atoms with van der Waals surface area (Å²) in [7, 11) is 0. The number of rotatable bonds is 6.